The number of carbonyl (C=O) groups is 1. The second-order valence-electron chi connectivity index (χ2n) is 4.92. The number of benzene rings is 1. The van der Waals surface area contributed by atoms with Crippen molar-refractivity contribution in [3.8, 4) is 5.75 Å². The van der Waals surface area contributed by atoms with Crippen molar-refractivity contribution in [2.45, 2.75) is 42.1 Å². The molecule has 0 unspecified atom stereocenters. The van der Waals surface area contributed by atoms with Crippen LogP contribution in [-0.4, -0.2) is 15.8 Å². The molecule has 1 fully saturated rings. The van der Waals surface area contributed by atoms with E-state index >= 15 is 0 Å². The van der Waals surface area contributed by atoms with Gasteiger partial charge in [-0.3, -0.25) is 4.79 Å². The predicted octanol–water partition coefficient (Wildman–Crippen LogP) is 4.01. The normalized spacial score (nSPS) is 28.7. The van der Waals surface area contributed by atoms with Crippen molar-refractivity contribution in [3.05, 3.63) is 29.8 Å². The lowest BCUT2D eigenvalue weighted by Crippen LogP contribution is -2.30. The van der Waals surface area contributed by atoms with E-state index in [9.17, 15) is 4.79 Å². The van der Waals surface area contributed by atoms with Crippen LogP contribution in [0, 0.1) is 0 Å². The fraction of sp³-hybridized carbons (Fsp3) is 0.500. The molecule has 0 atom stereocenters. The largest absolute Gasteiger partial charge is 0.490 e. The highest BCUT2D eigenvalue weighted by molar-refractivity contribution is 14.1. The summed E-state index contributed by atoms with van der Waals surface area (Å²) >= 11 is 2.55. The summed E-state index contributed by atoms with van der Waals surface area (Å²) < 4.78 is 6.37. The van der Waals surface area contributed by atoms with Gasteiger partial charge in [0.1, 0.15) is 12.0 Å². The third-order valence-corrected chi connectivity index (χ3v) is 4.37. The predicted molar refractivity (Wildman–Crippen MR) is 77.1 cm³/mol. The Labute approximate surface area is 116 Å². The average molecular weight is 344 g/mol. The second kappa shape index (κ2) is 5.38. The van der Waals surface area contributed by atoms with E-state index in [4.69, 9.17) is 4.74 Å². The minimum absolute atomic E-state index is 0.333. The van der Waals surface area contributed by atoms with Crippen molar-refractivity contribution in [2.24, 2.45) is 0 Å². The van der Waals surface area contributed by atoms with Crippen LogP contribution < -0.4 is 4.74 Å². The first-order chi connectivity index (χ1) is 8.09. The summed E-state index contributed by atoms with van der Waals surface area (Å²) in [7, 11) is 0. The number of carbonyl (C=O) groups excluding carboxylic acids is 1. The molecule has 2 nitrogen and oxygen atoms in total. The average Bonchev–Trinajstić information content (AvgIpc) is 2.33. The van der Waals surface area contributed by atoms with Crippen LogP contribution in [0.5, 0.6) is 5.75 Å². The summed E-state index contributed by atoms with van der Waals surface area (Å²) in [6.07, 6.45) is 5.85. The first-order valence-corrected chi connectivity index (χ1v) is 7.08. The SMILES string of the molecule is CC1(I)CCC(Oc2ccc(C=O)cc2)CC1. The fourth-order valence-corrected chi connectivity index (χ4v) is 2.75. The minimum atomic E-state index is 0.333. The molecule has 0 bridgehead atoms. The smallest absolute Gasteiger partial charge is 0.150 e. The Balaban J connectivity index is 1.91. The first-order valence-electron chi connectivity index (χ1n) is 6.00. The van der Waals surface area contributed by atoms with E-state index < -0.39 is 0 Å². The molecule has 0 heterocycles. The summed E-state index contributed by atoms with van der Waals surface area (Å²) in [4.78, 5) is 10.5. The molecule has 17 heavy (non-hydrogen) atoms. The molecule has 0 N–H and O–H groups in total. The van der Waals surface area contributed by atoms with Gasteiger partial charge in [0.05, 0.1) is 6.10 Å². The Morgan fingerprint density at radius 1 is 1.29 bits per heavy atom. The third kappa shape index (κ3) is 3.69. The van der Waals surface area contributed by atoms with Gasteiger partial charge in [0.25, 0.3) is 0 Å². The molecule has 0 amide bonds. The van der Waals surface area contributed by atoms with Gasteiger partial charge in [0.15, 0.2) is 0 Å². The number of halogens is 1. The lowest BCUT2D eigenvalue weighted by molar-refractivity contribution is 0.112. The Morgan fingerprint density at radius 2 is 1.88 bits per heavy atom. The second-order valence-corrected chi connectivity index (χ2v) is 7.52. The van der Waals surface area contributed by atoms with Crippen molar-refractivity contribution in [1.82, 2.24) is 0 Å². The zero-order valence-corrected chi connectivity index (χ0v) is 12.1. The maximum Gasteiger partial charge on any atom is 0.150 e. The van der Waals surface area contributed by atoms with Crippen LogP contribution in [0.2, 0.25) is 0 Å². The van der Waals surface area contributed by atoms with E-state index in [0.29, 0.717) is 15.1 Å². The standard InChI is InChI=1S/C14H17IO2/c1-14(15)8-6-13(7-9-14)17-12-4-2-11(10-16)3-5-12/h2-5,10,13H,6-9H2,1H3. The van der Waals surface area contributed by atoms with E-state index in [1.807, 2.05) is 12.1 Å². The van der Waals surface area contributed by atoms with Gasteiger partial charge in [-0.15, -0.1) is 0 Å². The van der Waals surface area contributed by atoms with Crippen LogP contribution in [-0.2, 0) is 0 Å². The first kappa shape index (κ1) is 12.9. The van der Waals surface area contributed by atoms with Gasteiger partial charge in [-0.2, -0.15) is 0 Å². The summed E-state index contributed by atoms with van der Waals surface area (Å²) in [5, 5.41) is 0. The van der Waals surface area contributed by atoms with Crippen molar-refractivity contribution in [1.29, 1.82) is 0 Å². The van der Waals surface area contributed by atoms with Crippen LogP contribution >= 0.6 is 22.6 Å². The lowest BCUT2D eigenvalue weighted by Gasteiger charge is -2.32. The van der Waals surface area contributed by atoms with Crippen molar-refractivity contribution >= 4 is 28.9 Å². The Hall–Kier alpha value is -0.580. The van der Waals surface area contributed by atoms with Gasteiger partial charge in [0.2, 0.25) is 0 Å². The van der Waals surface area contributed by atoms with Gasteiger partial charge in [0, 0.05) is 8.99 Å². The quantitative estimate of drug-likeness (QED) is 0.470. The van der Waals surface area contributed by atoms with Crippen LogP contribution in [0.15, 0.2) is 24.3 Å². The van der Waals surface area contributed by atoms with Crippen LogP contribution in [0.4, 0.5) is 0 Å². The number of aldehydes is 1. The van der Waals surface area contributed by atoms with E-state index in [-0.39, 0.29) is 0 Å². The molecular weight excluding hydrogens is 327 g/mol. The maximum atomic E-state index is 10.5. The van der Waals surface area contributed by atoms with Gasteiger partial charge >= 0.3 is 0 Å². The number of hydrogen-bond donors (Lipinski definition) is 0. The molecule has 0 aliphatic heterocycles. The van der Waals surface area contributed by atoms with Crippen molar-refractivity contribution in [2.75, 3.05) is 0 Å². The van der Waals surface area contributed by atoms with Gasteiger partial charge in [-0.25, -0.2) is 0 Å². The zero-order valence-electron chi connectivity index (χ0n) is 9.99. The number of rotatable bonds is 3. The molecule has 2 rings (SSSR count). The zero-order chi connectivity index (χ0) is 12.3. The van der Waals surface area contributed by atoms with Crippen LogP contribution in [0.25, 0.3) is 0 Å². The van der Waals surface area contributed by atoms with E-state index in [2.05, 4.69) is 29.5 Å². The molecule has 0 aromatic heterocycles. The van der Waals surface area contributed by atoms with Gasteiger partial charge in [-0.1, -0.05) is 29.5 Å². The highest BCUT2D eigenvalue weighted by Crippen LogP contribution is 2.37. The molecule has 1 aromatic rings. The minimum Gasteiger partial charge on any atom is -0.490 e. The Morgan fingerprint density at radius 3 is 2.41 bits per heavy atom. The molecule has 0 spiro atoms. The Kier molecular flexibility index (Phi) is 4.07. The number of hydrogen-bond acceptors (Lipinski definition) is 2. The molecule has 1 saturated carbocycles. The summed E-state index contributed by atoms with van der Waals surface area (Å²) in [5.74, 6) is 0.873. The molecule has 92 valence electrons. The highest BCUT2D eigenvalue weighted by atomic mass is 127. The number of ether oxygens (including phenoxy) is 1. The van der Waals surface area contributed by atoms with E-state index in [1.165, 1.54) is 12.8 Å². The number of alkyl halides is 1. The molecule has 0 saturated heterocycles. The summed E-state index contributed by atoms with van der Waals surface area (Å²) in [6.45, 7) is 2.31. The van der Waals surface area contributed by atoms with E-state index in [1.54, 1.807) is 12.1 Å². The Bertz CT molecular complexity index is 374. The molecule has 3 heteroatoms. The topological polar surface area (TPSA) is 26.3 Å². The molecule has 1 aliphatic carbocycles. The van der Waals surface area contributed by atoms with E-state index in [0.717, 1.165) is 24.9 Å². The summed E-state index contributed by atoms with van der Waals surface area (Å²) in [5.41, 5.74) is 0.695. The molecular formula is C14H17IO2. The highest BCUT2D eigenvalue weighted by Gasteiger charge is 2.29. The van der Waals surface area contributed by atoms with Gasteiger partial charge in [-0.05, 0) is 49.9 Å². The molecule has 1 aromatic carbocycles. The van der Waals surface area contributed by atoms with Crippen molar-refractivity contribution in [3.63, 3.8) is 0 Å². The summed E-state index contributed by atoms with van der Waals surface area (Å²) in [6, 6.07) is 7.35. The molecule has 0 radical (unpaired) electrons. The van der Waals surface area contributed by atoms with Crippen molar-refractivity contribution < 1.29 is 9.53 Å². The maximum absolute atomic E-state index is 10.5. The fourth-order valence-electron chi connectivity index (χ4n) is 2.13. The third-order valence-electron chi connectivity index (χ3n) is 3.29. The monoisotopic (exact) mass is 344 g/mol. The van der Waals surface area contributed by atoms with Crippen LogP contribution in [0.1, 0.15) is 43.0 Å². The lowest BCUT2D eigenvalue weighted by atomic mass is 9.89. The van der Waals surface area contributed by atoms with Gasteiger partial charge < -0.3 is 4.74 Å². The van der Waals surface area contributed by atoms with Crippen LogP contribution in [0.3, 0.4) is 0 Å². The molecule has 1 aliphatic rings.